The van der Waals surface area contributed by atoms with Crippen molar-refractivity contribution in [1.82, 2.24) is 4.98 Å². The summed E-state index contributed by atoms with van der Waals surface area (Å²) >= 11 is 1.68. The Balaban J connectivity index is 2.21. The lowest BCUT2D eigenvalue weighted by molar-refractivity contribution is 0.321. The molecule has 3 aromatic rings. The summed E-state index contributed by atoms with van der Waals surface area (Å²) in [5.41, 5.74) is 1.06. The number of nitrogens with one attached hydrogen (secondary N) is 1. The van der Waals surface area contributed by atoms with Crippen LogP contribution in [-0.2, 0) is 0 Å². The monoisotopic (exact) mass is 286 g/mol. The fraction of sp³-hybridized carbons (Fsp3) is 0.312. The highest BCUT2D eigenvalue weighted by atomic mass is 32.1. The molecule has 0 radical (unpaired) electrons. The van der Waals surface area contributed by atoms with E-state index >= 15 is 0 Å². The first-order chi connectivity index (χ1) is 9.83. The lowest BCUT2D eigenvalue weighted by Crippen LogP contribution is -1.96. The topological polar surface area (TPSA) is 34.1 Å². The smallest absolute Gasteiger partial charge is 0.183 e. The van der Waals surface area contributed by atoms with Crippen LogP contribution in [0.1, 0.15) is 20.3 Å². The summed E-state index contributed by atoms with van der Waals surface area (Å²) in [4.78, 5) is 4.70. The number of nitrogens with zero attached hydrogens (tertiary/aromatic N) is 1. The highest BCUT2D eigenvalue weighted by Crippen LogP contribution is 2.37. The Morgan fingerprint density at radius 1 is 1.20 bits per heavy atom. The highest BCUT2D eigenvalue weighted by molar-refractivity contribution is 7.22. The quantitative estimate of drug-likeness (QED) is 0.740. The van der Waals surface area contributed by atoms with Crippen LogP contribution in [0.15, 0.2) is 30.3 Å². The van der Waals surface area contributed by atoms with Crippen LogP contribution in [0.5, 0.6) is 5.75 Å². The lowest BCUT2D eigenvalue weighted by atomic mass is 10.1. The molecule has 1 aromatic heterocycles. The third-order valence-electron chi connectivity index (χ3n) is 3.15. The van der Waals surface area contributed by atoms with Gasteiger partial charge in [-0.25, -0.2) is 4.98 Å². The Morgan fingerprint density at radius 2 is 2.00 bits per heavy atom. The lowest BCUT2D eigenvalue weighted by Gasteiger charge is -2.08. The van der Waals surface area contributed by atoms with E-state index in [-0.39, 0.29) is 0 Å². The summed E-state index contributed by atoms with van der Waals surface area (Å²) in [6, 6.07) is 10.4. The fourth-order valence-electron chi connectivity index (χ4n) is 2.28. The van der Waals surface area contributed by atoms with Gasteiger partial charge in [-0.2, -0.15) is 0 Å². The van der Waals surface area contributed by atoms with Crippen molar-refractivity contribution in [1.29, 1.82) is 0 Å². The molecule has 0 atom stereocenters. The van der Waals surface area contributed by atoms with E-state index in [9.17, 15) is 0 Å². The first-order valence-electron chi connectivity index (χ1n) is 7.02. The summed E-state index contributed by atoms with van der Waals surface area (Å²) in [5, 5.41) is 6.57. The molecule has 0 aliphatic heterocycles. The van der Waals surface area contributed by atoms with Gasteiger partial charge in [-0.15, -0.1) is 0 Å². The third-order valence-corrected chi connectivity index (χ3v) is 4.11. The number of thiazole rings is 1. The zero-order valence-corrected chi connectivity index (χ0v) is 12.6. The fourth-order valence-corrected chi connectivity index (χ4v) is 3.26. The number of rotatable bonds is 5. The number of benzene rings is 2. The standard InChI is InChI=1S/C16H18N2OS/c1-3-9-19-13-10-14-15(18-16(20-14)17-4-2)12-8-6-5-7-11(12)13/h5-8,10H,3-4,9H2,1-2H3,(H,17,18). The molecule has 0 aliphatic carbocycles. The molecule has 1 heterocycles. The summed E-state index contributed by atoms with van der Waals surface area (Å²) in [5.74, 6) is 0.960. The minimum absolute atomic E-state index is 0.744. The average molecular weight is 286 g/mol. The molecule has 2 aromatic carbocycles. The Labute approximate surface area is 122 Å². The van der Waals surface area contributed by atoms with Crippen molar-refractivity contribution in [2.24, 2.45) is 0 Å². The van der Waals surface area contributed by atoms with Crippen molar-refractivity contribution in [2.45, 2.75) is 20.3 Å². The summed E-state index contributed by atoms with van der Waals surface area (Å²) < 4.78 is 7.08. The van der Waals surface area contributed by atoms with Gasteiger partial charge in [0.25, 0.3) is 0 Å². The molecule has 0 saturated carbocycles. The minimum atomic E-state index is 0.744. The van der Waals surface area contributed by atoms with Crippen LogP contribution < -0.4 is 10.1 Å². The van der Waals surface area contributed by atoms with Gasteiger partial charge in [0.05, 0.1) is 16.8 Å². The maximum absolute atomic E-state index is 5.90. The molecule has 0 bridgehead atoms. The third kappa shape index (κ3) is 2.31. The van der Waals surface area contributed by atoms with Crippen LogP contribution in [0.4, 0.5) is 5.13 Å². The highest BCUT2D eigenvalue weighted by Gasteiger charge is 2.11. The van der Waals surface area contributed by atoms with Crippen LogP contribution >= 0.6 is 11.3 Å². The molecule has 0 amide bonds. The van der Waals surface area contributed by atoms with Gasteiger partial charge >= 0.3 is 0 Å². The predicted molar refractivity (Wildman–Crippen MR) is 87.1 cm³/mol. The first kappa shape index (κ1) is 13.2. The van der Waals surface area contributed by atoms with E-state index in [4.69, 9.17) is 9.72 Å². The molecular weight excluding hydrogens is 268 g/mol. The maximum Gasteiger partial charge on any atom is 0.183 e. The summed E-state index contributed by atoms with van der Waals surface area (Å²) in [6.45, 7) is 5.84. The van der Waals surface area contributed by atoms with E-state index in [1.165, 1.54) is 4.70 Å². The number of aromatic nitrogens is 1. The Bertz CT molecular complexity index is 736. The van der Waals surface area contributed by atoms with Gasteiger partial charge in [-0.05, 0) is 13.3 Å². The van der Waals surface area contributed by atoms with Crippen molar-refractivity contribution >= 4 is 37.5 Å². The second kappa shape index (κ2) is 5.67. The van der Waals surface area contributed by atoms with Crippen molar-refractivity contribution in [3.8, 4) is 5.75 Å². The van der Waals surface area contributed by atoms with Crippen molar-refractivity contribution in [3.63, 3.8) is 0 Å². The van der Waals surface area contributed by atoms with E-state index < -0.39 is 0 Å². The number of ether oxygens (including phenoxy) is 1. The number of hydrogen-bond donors (Lipinski definition) is 1. The van der Waals surface area contributed by atoms with E-state index in [1.54, 1.807) is 11.3 Å². The zero-order valence-electron chi connectivity index (χ0n) is 11.8. The van der Waals surface area contributed by atoms with Gasteiger partial charge in [0.1, 0.15) is 5.75 Å². The minimum Gasteiger partial charge on any atom is -0.493 e. The molecule has 3 nitrogen and oxygen atoms in total. The van der Waals surface area contributed by atoms with Crippen LogP contribution in [-0.4, -0.2) is 18.1 Å². The average Bonchev–Trinajstić information content (AvgIpc) is 2.88. The van der Waals surface area contributed by atoms with Crippen LogP contribution in [0.3, 0.4) is 0 Å². The number of fused-ring (bicyclic) bond motifs is 3. The Morgan fingerprint density at radius 3 is 2.75 bits per heavy atom. The summed E-state index contributed by atoms with van der Waals surface area (Å²) in [6.07, 6.45) is 1.01. The van der Waals surface area contributed by atoms with Crippen molar-refractivity contribution < 1.29 is 4.74 Å². The normalized spacial score (nSPS) is 11.1. The Hall–Kier alpha value is -1.81. The van der Waals surface area contributed by atoms with Crippen LogP contribution in [0.25, 0.3) is 21.0 Å². The molecule has 0 unspecified atom stereocenters. The molecule has 4 heteroatoms. The second-order valence-corrected chi connectivity index (χ2v) is 5.70. The van der Waals surface area contributed by atoms with Crippen molar-refractivity contribution in [3.05, 3.63) is 30.3 Å². The Kier molecular flexibility index (Phi) is 3.74. The van der Waals surface area contributed by atoms with E-state index in [2.05, 4.69) is 43.4 Å². The molecule has 0 spiro atoms. The molecule has 0 saturated heterocycles. The second-order valence-electron chi connectivity index (χ2n) is 4.66. The maximum atomic E-state index is 5.90. The molecule has 104 valence electrons. The van der Waals surface area contributed by atoms with Gasteiger partial charge in [0.2, 0.25) is 0 Å². The zero-order chi connectivity index (χ0) is 13.9. The van der Waals surface area contributed by atoms with Gasteiger partial charge in [0.15, 0.2) is 5.13 Å². The van der Waals surface area contributed by atoms with Crippen LogP contribution in [0.2, 0.25) is 0 Å². The van der Waals surface area contributed by atoms with Gasteiger partial charge in [0, 0.05) is 23.4 Å². The van der Waals surface area contributed by atoms with Crippen molar-refractivity contribution in [2.75, 3.05) is 18.5 Å². The van der Waals surface area contributed by atoms with Gasteiger partial charge in [-0.3, -0.25) is 0 Å². The number of anilines is 1. The SMILES string of the molecule is CCCOc1cc2sc(NCC)nc2c2ccccc12. The molecule has 3 rings (SSSR count). The number of hydrogen-bond acceptors (Lipinski definition) is 4. The molecule has 0 fully saturated rings. The van der Waals surface area contributed by atoms with E-state index in [1.807, 2.05) is 6.07 Å². The van der Waals surface area contributed by atoms with E-state index in [0.717, 1.165) is 46.7 Å². The first-order valence-corrected chi connectivity index (χ1v) is 7.84. The predicted octanol–water partition coefficient (Wildman–Crippen LogP) is 4.67. The summed E-state index contributed by atoms with van der Waals surface area (Å²) in [7, 11) is 0. The molecular formula is C16H18N2OS. The van der Waals surface area contributed by atoms with E-state index in [0.29, 0.717) is 0 Å². The molecule has 1 N–H and O–H groups in total. The van der Waals surface area contributed by atoms with Gasteiger partial charge in [-0.1, -0.05) is 42.5 Å². The van der Waals surface area contributed by atoms with Gasteiger partial charge < -0.3 is 10.1 Å². The molecule has 0 aliphatic rings. The molecule has 20 heavy (non-hydrogen) atoms. The van der Waals surface area contributed by atoms with Crippen LogP contribution in [0, 0.1) is 0 Å². The largest absolute Gasteiger partial charge is 0.493 e.